The molecule has 0 bridgehead atoms. The molecule has 0 aromatic heterocycles. The fraction of sp³-hybridized carbons (Fsp3) is 0.800. The second-order valence-corrected chi connectivity index (χ2v) is 2.33. The average Bonchev–Trinajstić information content (AvgIpc) is 1.85. The molecule has 0 amide bonds. The van der Waals surface area contributed by atoms with Gasteiger partial charge in [0.15, 0.2) is 0 Å². The summed E-state index contributed by atoms with van der Waals surface area (Å²) in [6.07, 6.45) is -5.40. The third-order valence-corrected chi connectivity index (χ3v) is 1.25. The van der Waals surface area contributed by atoms with Crippen molar-refractivity contribution in [3.8, 4) is 0 Å². The fourth-order valence-electron chi connectivity index (χ4n) is 0.508. The normalized spacial score (nSPS) is 17.1. The summed E-state index contributed by atoms with van der Waals surface area (Å²) in [7, 11) is 0. The molecule has 7 heteroatoms. The minimum atomic E-state index is -4.59. The van der Waals surface area contributed by atoms with E-state index in [2.05, 4.69) is 5.73 Å². The lowest BCUT2D eigenvalue weighted by Gasteiger charge is -2.16. The molecule has 0 unspecified atom stereocenters. The van der Waals surface area contributed by atoms with Crippen LogP contribution >= 0.6 is 0 Å². The van der Waals surface area contributed by atoms with E-state index in [1.54, 1.807) is 0 Å². The molecule has 0 aliphatic carbocycles. The number of halogens is 3. The Morgan fingerprint density at radius 1 is 1.42 bits per heavy atom. The van der Waals surface area contributed by atoms with E-state index in [1.165, 1.54) is 0 Å². The molecule has 72 valence electrons. The average molecular weight is 186 g/mol. The number of carboxylic acids is 1. The van der Waals surface area contributed by atoms with E-state index in [-0.39, 0.29) is 0 Å². The van der Waals surface area contributed by atoms with Crippen LogP contribution in [0.2, 0.25) is 0 Å². The van der Waals surface area contributed by atoms with Gasteiger partial charge in [-0.15, -0.1) is 0 Å². The van der Waals surface area contributed by atoms with E-state index in [0.717, 1.165) is 0 Å². The van der Waals surface area contributed by atoms with Crippen LogP contribution in [0.1, 0.15) is 6.42 Å². The summed E-state index contributed by atoms with van der Waals surface area (Å²) in [5.41, 5.74) is 9.46. The molecule has 0 saturated heterocycles. The Kier molecular flexibility index (Phi) is 3.47. The van der Waals surface area contributed by atoms with Crippen LogP contribution in [0.3, 0.4) is 0 Å². The smallest absolute Gasteiger partial charge is 0.403 e. The largest absolute Gasteiger partial charge is 0.480 e. The van der Waals surface area contributed by atoms with Gasteiger partial charge in [-0.3, -0.25) is 4.79 Å². The Labute approximate surface area is 66.3 Å². The summed E-state index contributed by atoms with van der Waals surface area (Å²) in [6.45, 7) is 0. The zero-order valence-corrected chi connectivity index (χ0v) is 6.01. The first-order valence-corrected chi connectivity index (χ1v) is 3.06. The van der Waals surface area contributed by atoms with Gasteiger partial charge in [-0.25, -0.2) is 0 Å². The number of hydrogen-bond acceptors (Lipinski definition) is 3. The number of nitrogens with two attached hydrogens (primary N) is 2. The molecule has 0 fully saturated rings. The van der Waals surface area contributed by atoms with Gasteiger partial charge in [0.05, 0.1) is 0 Å². The Morgan fingerprint density at radius 2 is 1.83 bits per heavy atom. The van der Waals surface area contributed by atoms with Crippen molar-refractivity contribution in [1.29, 1.82) is 0 Å². The van der Waals surface area contributed by atoms with Crippen molar-refractivity contribution in [2.45, 2.75) is 24.7 Å². The molecule has 0 saturated carbocycles. The van der Waals surface area contributed by atoms with Gasteiger partial charge in [-0.1, -0.05) is 0 Å². The van der Waals surface area contributed by atoms with Crippen molar-refractivity contribution in [2.24, 2.45) is 11.5 Å². The molecule has 0 aromatic rings. The van der Waals surface area contributed by atoms with Crippen molar-refractivity contribution in [3.05, 3.63) is 0 Å². The van der Waals surface area contributed by atoms with Gasteiger partial charge in [0, 0.05) is 0 Å². The minimum absolute atomic E-state index is 0.807. The summed E-state index contributed by atoms with van der Waals surface area (Å²) in [6, 6.07) is -3.75. The highest BCUT2D eigenvalue weighted by molar-refractivity contribution is 5.73. The van der Waals surface area contributed by atoms with Crippen LogP contribution in [-0.2, 0) is 4.79 Å². The molecule has 0 spiro atoms. The van der Waals surface area contributed by atoms with Gasteiger partial charge >= 0.3 is 12.1 Å². The van der Waals surface area contributed by atoms with Gasteiger partial charge in [-0.05, 0) is 6.42 Å². The number of hydrogen-bond donors (Lipinski definition) is 3. The van der Waals surface area contributed by atoms with Gasteiger partial charge in [-0.2, -0.15) is 13.2 Å². The molecule has 0 heterocycles. The number of carboxylic acid groups (broad SMARTS) is 1. The van der Waals surface area contributed by atoms with Crippen LogP contribution in [-0.4, -0.2) is 29.3 Å². The molecule has 12 heavy (non-hydrogen) atoms. The Bertz CT molecular complexity index is 171. The maximum absolute atomic E-state index is 11.7. The van der Waals surface area contributed by atoms with Crippen LogP contribution < -0.4 is 11.5 Å². The van der Waals surface area contributed by atoms with Crippen LogP contribution in [0, 0.1) is 0 Å². The van der Waals surface area contributed by atoms with E-state index >= 15 is 0 Å². The van der Waals surface area contributed by atoms with Crippen molar-refractivity contribution >= 4 is 5.97 Å². The summed E-state index contributed by atoms with van der Waals surface area (Å²) < 4.78 is 35.1. The number of carbonyl (C=O) groups is 1. The summed E-state index contributed by atoms with van der Waals surface area (Å²) in [5, 5.41) is 8.15. The van der Waals surface area contributed by atoms with Gasteiger partial charge < -0.3 is 16.6 Å². The predicted molar refractivity (Wildman–Crippen MR) is 34.3 cm³/mol. The van der Waals surface area contributed by atoms with E-state index < -0.39 is 30.7 Å². The van der Waals surface area contributed by atoms with Crippen molar-refractivity contribution in [3.63, 3.8) is 0 Å². The van der Waals surface area contributed by atoms with E-state index in [0.29, 0.717) is 0 Å². The van der Waals surface area contributed by atoms with Crippen molar-refractivity contribution < 1.29 is 23.1 Å². The minimum Gasteiger partial charge on any atom is -0.480 e. The van der Waals surface area contributed by atoms with Gasteiger partial charge in [0.2, 0.25) is 0 Å². The summed E-state index contributed by atoms with van der Waals surface area (Å²) >= 11 is 0. The highest BCUT2D eigenvalue weighted by Gasteiger charge is 2.38. The summed E-state index contributed by atoms with van der Waals surface area (Å²) in [4.78, 5) is 10.0. The Morgan fingerprint density at radius 3 is 2.08 bits per heavy atom. The fourth-order valence-corrected chi connectivity index (χ4v) is 0.508. The first-order valence-electron chi connectivity index (χ1n) is 3.06. The van der Waals surface area contributed by atoms with E-state index in [4.69, 9.17) is 10.8 Å². The molecule has 0 aromatic carbocycles. The SMILES string of the molecule is N[C@H](C[C@H](N)C(F)(F)F)C(=O)O. The molecule has 0 aliphatic heterocycles. The third kappa shape index (κ3) is 3.54. The monoisotopic (exact) mass is 186 g/mol. The van der Waals surface area contributed by atoms with Gasteiger partial charge in [0.25, 0.3) is 0 Å². The highest BCUT2D eigenvalue weighted by atomic mass is 19.4. The molecular weight excluding hydrogens is 177 g/mol. The lowest BCUT2D eigenvalue weighted by Crippen LogP contribution is -2.44. The number of alkyl halides is 3. The molecule has 4 nitrogen and oxygen atoms in total. The number of rotatable bonds is 3. The van der Waals surface area contributed by atoms with Crippen LogP contribution in [0.25, 0.3) is 0 Å². The predicted octanol–water partition coefficient (Wildman–Crippen LogP) is -0.322. The Hall–Kier alpha value is -0.820. The topological polar surface area (TPSA) is 89.3 Å². The first-order chi connectivity index (χ1) is 5.25. The van der Waals surface area contributed by atoms with Gasteiger partial charge in [0.1, 0.15) is 12.1 Å². The molecule has 0 radical (unpaired) electrons. The lowest BCUT2D eigenvalue weighted by molar-refractivity contribution is -0.153. The van der Waals surface area contributed by atoms with Crippen molar-refractivity contribution in [2.75, 3.05) is 0 Å². The quantitative estimate of drug-likeness (QED) is 0.563. The van der Waals surface area contributed by atoms with Crippen LogP contribution in [0.4, 0.5) is 13.2 Å². The standard InChI is InChI=1S/C5H9F3N2O2/c6-5(7,8)3(10)1-2(9)4(11)12/h2-3H,1,9-10H2,(H,11,12)/t2-,3+/m1/s1. The molecule has 5 N–H and O–H groups in total. The van der Waals surface area contributed by atoms with Crippen LogP contribution in [0.5, 0.6) is 0 Å². The van der Waals surface area contributed by atoms with E-state index in [1.807, 2.05) is 0 Å². The zero-order valence-electron chi connectivity index (χ0n) is 6.01. The number of aliphatic carboxylic acids is 1. The lowest BCUT2D eigenvalue weighted by atomic mass is 10.1. The molecule has 0 aliphatic rings. The summed E-state index contributed by atoms with van der Waals surface area (Å²) in [5.74, 6) is -1.49. The zero-order chi connectivity index (χ0) is 9.94. The first kappa shape index (κ1) is 11.2. The Balaban J connectivity index is 4.01. The third-order valence-electron chi connectivity index (χ3n) is 1.25. The van der Waals surface area contributed by atoms with E-state index in [9.17, 15) is 18.0 Å². The van der Waals surface area contributed by atoms with Crippen molar-refractivity contribution in [1.82, 2.24) is 0 Å². The second-order valence-electron chi connectivity index (χ2n) is 2.33. The molecular formula is C5H9F3N2O2. The highest BCUT2D eigenvalue weighted by Crippen LogP contribution is 2.21. The van der Waals surface area contributed by atoms with Crippen LogP contribution in [0.15, 0.2) is 0 Å². The molecule has 0 rings (SSSR count). The molecule has 2 atom stereocenters. The maximum Gasteiger partial charge on any atom is 0.403 e. The second kappa shape index (κ2) is 3.72. The maximum atomic E-state index is 11.7.